The molecule has 3 rings (SSSR count). The highest BCUT2D eigenvalue weighted by Gasteiger charge is 2.70. The summed E-state index contributed by atoms with van der Waals surface area (Å²) in [6.07, 6.45) is 5.75. The molecule has 1 aliphatic carbocycles. The number of phenolic OH excluding ortho intramolecular Hbond substituents is 2. The zero-order valence-electron chi connectivity index (χ0n) is 20.0. The summed E-state index contributed by atoms with van der Waals surface area (Å²) >= 11 is 13.6. The maximum Gasteiger partial charge on any atom is 0.198 e. The van der Waals surface area contributed by atoms with E-state index < -0.39 is 38.8 Å². The molecule has 180 valence electrons. The lowest BCUT2D eigenvalue weighted by Gasteiger charge is -2.56. The summed E-state index contributed by atoms with van der Waals surface area (Å²) in [5.41, 5.74) is -0.557. The molecule has 5 nitrogen and oxygen atoms in total. The van der Waals surface area contributed by atoms with Crippen molar-refractivity contribution >= 4 is 34.8 Å². The van der Waals surface area contributed by atoms with E-state index in [1.807, 2.05) is 26.8 Å². The van der Waals surface area contributed by atoms with E-state index in [4.69, 9.17) is 27.9 Å². The second-order valence-electron chi connectivity index (χ2n) is 10.0. The minimum atomic E-state index is -1.80. The van der Waals surface area contributed by atoms with Crippen LogP contribution in [0.15, 0.2) is 29.4 Å². The maximum atomic E-state index is 14.0. The molecule has 1 saturated heterocycles. The van der Waals surface area contributed by atoms with Crippen molar-refractivity contribution in [1.82, 2.24) is 0 Å². The van der Waals surface area contributed by atoms with E-state index in [9.17, 15) is 19.8 Å². The number of allylic oxidation sites excluding steroid dienone is 3. The zero-order valence-corrected chi connectivity index (χ0v) is 21.5. The molecule has 1 aromatic rings. The Morgan fingerprint density at radius 1 is 1.18 bits per heavy atom. The fraction of sp³-hybridized carbons (Fsp3) is 0.538. The minimum Gasteiger partial charge on any atom is -0.508 e. The van der Waals surface area contributed by atoms with Crippen LogP contribution in [0.3, 0.4) is 0 Å². The number of carbonyl (C=O) groups is 2. The van der Waals surface area contributed by atoms with Gasteiger partial charge in [0, 0.05) is 17.5 Å². The second kappa shape index (κ2) is 8.75. The van der Waals surface area contributed by atoms with Crippen molar-refractivity contribution in [3.8, 4) is 11.5 Å². The van der Waals surface area contributed by atoms with Crippen LogP contribution in [-0.4, -0.2) is 43.2 Å². The lowest BCUT2D eigenvalue weighted by Crippen LogP contribution is -2.72. The van der Waals surface area contributed by atoms with E-state index in [2.05, 4.69) is 6.08 Å². The van der Waals surface area contributed by atoms with Gasteiger partial charge in [0.15, 0.2) is 17.2 Å². The number of halogens is 2. The molecule has 0 amide bonds. The monoisotopic (exact) mass is 494 g/mol. The largest absolute Gasteiger partial charge is 0.508 e. The van der Waals surface area contributed by atoms with E-state index in [0.29, 0.717) is 0 Å². The molecule has 1 heterocycles. The number of benzene rings is 1. The topological polar surface area (TPSA) is 83.8 Å². The molecule has 0 bridgehead atoms. The molecule has 1 aliphatic heterocycles. The minimum absolute atomic E-state index is 0.00283. The van der Waals surface area contributed by atoms with Gasteiger partial charge in [-0.25, -0.2) is 0 Å². The summed E-state index contributed by atoms with van der Waals surface area (Å²) < 4.78 is 6.37. The summed E-state index contributed by atoms with van der Waals surface area (Å²) in [4.78, 5) is 26.0. The molecule has 7 heteroatoms. The molecule has 0 spiro atoms. The Balaban J connectivity index is 2.17. The van der Waals surface area contributed by atoms with Crippen LogP contribution in [0.1, 0.15) is 86.6 Å². The molecule has 0 unspecified atom stereocenters. The number of carbonyl (C=O) groups excluding carboxylic acids is 2. The quantitative estimate of drug-likeness (QED) is 0.365. The number of ether oxygens (including phenoxy) is 1. The standard InChI is InChI=1S/C26H32Cl2O5/c1-14(2)8-7-9-15(3)10-11-26-22(31)17-12-18(29)16(4)21(30)20(17)23(32)25(26,28)13-19(27)24(5,6)33-26/h8,10,12,19,29-30H,7,9,11,13H2,1-6H3/t19-,25+,26+/m0/s1. The van der Waals surface area contributed by atoms with Crippen LogP contribution in [0.25, 0.3) is 0 Å². The van der Waals surface area contributed by atoms with Gasteiger partial charge in [-0.1, -0.05) is 23.3 Å². The average molecular weight is 495 g/mol. The fourth-order valence-corrected chi connectivity index (χ4v) is 5.44. The Labute approximate surface area is 205 Å². The van der Waals surface area contributed by atoms with Gasteiger partial charge in [-0.05, 0) is 66.9 Å². The first-order valence-corrected chi connectivity index (χ1v) is 12.0. The first kappa shape index (κ1) is 25.8. The van der Waals surface area contributed by atoms with Crippen LogP contribution in [0.2, 0.25) is 0 Å². The number of rotatable bonds is 5. The lowest BCUT2D eigenvalue weighted by molar-refractivity contribution is -0.157. The molecule has 0 saturated carbocycles. The summed E-state index contributed by atoms with van der Waals surface area (Å²) in [5, 5.41) is 20.3. The zero-order chi connectivity index (χ0) is 24.9. The van der Waals surface area contributed by atoms with Crippen molar-refractivity contribution in [2.75, 3.05) is 0 Å². The number of hydrogen-bond acceptors (Lipinski definition) is 5. The number of hydrogen-bond donors (Lipinski definition) is 2. The Morgan fingerprint density at radius 2 is 1.82 bits per heavy atom. The van der Waals surface area contributed by atoms with Crippen molar-refractivity contribution in [3.63, 3.8) is 0 Å². The van der Waals surface area contributed by atoms with Gasteiger partial charge in [-0.15, -0.1) is 23.2 Å². The van der Waals surface area contributed by atoms with Crippen LogP contribution < -0.4 is 0 Å². The van der Waals surface area contributed by atoms with Gasteiger partial charge in [-0.3, -0.25) is 9.59 Å². The maximum absolute atomic E-state index is 14.0. The van der Waals surface area contributed by atoms with Crippen molar-refractivity contribution < 1.29 is 24.5 Å². The fourth-order valence-electron chi connectivity index (χ4n) is 4.64. The Morgan fingerprint density at radius 3 is 2.42 bits per heavy atom. The molecule has 1 fully saturated rings. The molecule has 0 radical (unpaired) electrons. The van der Waals surface area contributed by atoms with E-state index in [1.165, 1.54) is 18.6 Å². The predicted octanol–water partition coefficient (Wildman–Crippen LogP) is 6.39. The van der Waals surface area contributed by atoms with Crippen LogP contribution in [0.4, 0.5) is 0 Å². The smallest absolute Gasteiger partial charge is 0.198 e. The van der Waals surface area contributed by atoms with Crippen LogP contribution >= 0.6 is 23.2 Å². The normalized spacial score (nSPS) is 28.8. The number of phenols is 2. The third kappa shape index (κ3) is 4.13. The molecular formula is C26H32Cl2O5. The molecular weight excluding hydrogens is 463 g/mol. The number of ketones is 2. The number of aromatic hydroxyl groups is 2. The SMILES string of the molecule is CC(C)=CCCC(C)=CC[C@]12OC(C)(C)[C@@H](Cl)C[C@@]1(Cl)C(=O)c1c(cc(O)c(C)c1O)C2=O. The highest BCUT2D eigenvalue weighted by molar-refractivity contribution is 6.45. The summed E-state index contributed by atoms with van der Waals surface area (Å²) in [7, 11) is 0. The van der Waals surface area contributed by atoms with E-state index in [1.54, 1.807) is 13.8 Å². The van der Waals surface area contributed by atoms with Crippen molar-refractivity contribution in [1.29, 1.82) is 0 Å². The van der Waals surface area contributed by atoms with Gasteiger partial charge in [0.2, 0.25) is 0 Å². The molecule has 2 aliphatic rings. The van der Waals surface area contributed by atoms with Crippen molar-refractivity contribution in [3.05, 3.63) is 46.1 Å². The van der Waals surface area contributed by atoms with Gasteiger partial charge in [-0.2, -0.15) is 0 Å². The Kier molecular flexibility index (Phi) is 6.84. The first-order chi connectivity index (χ1) is 15.2. The number of fused-ring (bicyclic) bond motifs is 2. The van der Waals surface area contributed by atoms with Gasteiger partial charge in [0.05, 0.1) is 16.5 Å². The van der Waals surface area contributed by atoms with E-state index >= 15 is 0 Å². The number of Topliss-reactive ketones (excluding diaryl/α,β-unsaturated/α-hetero) is 2. The summed E-state index contributed by atoms with van der Waals surface area (Å²) in [5.74, 6) is -1.87. The lowest BCUT2D eigenvalue weighted by atomic mass is 9.63. The molecule has 0 aromatic heterocycles. The predicted molar refractivity (Wildman–Crippen MR) is 131 cm³/mol. The summed E-state index contributed by atoms with van der Waals surface area (Å²) in [6.45, 7) is 11.0. The molecule has 33 heavy (non-hydrogen) atoms. The van der Waals surface area contributed by atoms with Gasteiger partial charge in [0.1, 0.15) is 16.4 Å². The second-order valence-corrected chi connectivity index (χ2v) is 11.2. The van der Waals surface area contributed by atoms with Crippen LogP contribution in [0.5, 0.6) is 11.5 Å². The van der Waals surface area contributed by atoms with E-state index in [-0.39, 0.29) is 35.3 Å². The third-order valence-electron chi connectivity index (χ3n) is 6.85. The Hall–Kier alpha value is -1.82. The number of alkyl halides is 2. The molecule has 1 aromatic carbocycles. The van der Waals surface area contributed by atoms with Crippen molar-refractivity contribution in [2.45, 2.75) is 88.7 Å². The highest BCUT2D eigenvalue weighted by Crippen LogP contribution is 2.57. The van der Waals surface area contributed by atoms with Gasteiger partial charge >= 0.3 is 0 Å². The van der Waals surface area contributed by atoms with Gasteiger partial charge in [0.25, 0.3) is 0 Å². The van der Waals surface area contributed by atoms with E-state index in [0.717, 1.165) is 18.4 Å². The highest BCUT2D eigenvalue weighted by atomic mass is 35.5. The van der Waals surface area contributed by atoms with Crippen LogP contribution in [0, 0.1) is 6.92 Å². The van der Waals surface area contributed by atoms with Crippen LogP contribution in [-0.2, 0) is 4.74 Å². The summed E-state index contributed by atoms with van der Waals surface area (Å²) in [6, 6.07) is 1.22. The average Bonchev–Trinajstić information content (AvgIpc) is 2.71. The molecule has 3 atom stereocenters. The first-order valence-electron chi connectivity index (χ1n) is 11.1. The Bertz CT molecular complexity index is 1070. The van der Waals surface area contributed by atoms with Gasteiger partial charge < -0.3 is 14.9 Å². The van der Waals surface area contributed by atoms with Crippen molar-refractivity contribution in [2.24, 2.45) is 0 Å². The molecule has 2 N–H and O–H groups in total. The third-order valence-corrected chi connectivity index (χ3v) is 8.16.